The molecule has 4 aromatic rings. The predicted molar refractivity (Wildman–Crippen MR) is 148 cm³/mol. The van der Waals surface area contributed by atoms with Crippen LogP contribution in [0.25, 0.3) is 5.76 Å². The zero-order valence-electron chi connectivity index (χ0n) is 21.8. The third kappa shape index (κ3) is 4.94. The Balaban J connectivity index is 1.60. The van der Waals surface area contributed by atoms with Crippen LogP contribution in [-0.4, -0.2) is 31.0 Å². The van der Waals surface area contributed by atoms with Crippen molar-refractivity contribution < 1.29 is 28.9 Å². The van der Waals surface area contributed by atoms with Gasteiger partial charge in [0.2, 0.25) is 0 Å². The standard InChI is InChI=1S/C32H27NO6/c1-20-8-7-9-21(18-20)29-28(30(34)22-12-17-26(37-2)27(19-22)38-3)31(35)32(36)33(29)23-13-15-25(16-14-23)39-24-10-5-4-6-11-24/h4-19,29,34H,1-3H3/b30-28-. The number of benzene rings is 4. The molecule has 0 radical (unpaired) electrons. The Morgan fingerprint density at radius 2 is 1.46 bits per heavy atom. The monoisotopic (exact) mass is 521 g/mol. The number of aliphatic hydroxyl groups is 1. The quantitative estimate of drug-likeness (QED) is 0.171. The SMILES string of the molecule is COc1ccc(/C(O)=C2/C(=O)C(=O)N(c3ccc(Oc4ccccc4)cc3)C2c2cccc(C)c2)cc1OC. The van der Waals surface area contributed by atoms with Gasteiger partial charge in [0.1, 0.15) is 17.3 Å². The second-order valence-corrected chi connectivity index (χ2v) is 9.06. The number of aryl methyl sites for hydroxylation is 1. The fourth-order valence-electron chi connectivity index (χ4n) is 4.69. The van der Waals surface area contributed by atoms with E-state index in [1.54, 1.807) is 42.5 Å². The molecule has 1 fully saturated rings. The van der Waals surface area contributed by atoms with Crippen molar-refractivity contribution in [3.63, 3.8) is 0 Å². The van der Waals surface area contributed by atoms with Crippen molar-refractivity contribution in [3.05, 3.63) is 119 Å². The fourth-order valence-corrected chi connectivity index (χ4v) is 4.69. The lowest BCUT2D eigenvalue weighted by Gasteiger charge is -2.26. The van der Waals surface area contributed by atoms with E-state index in [0.717, 1.165) is 5.56 Å². The summed E-state index contributed by atoms with van der Waals surface area (Å²) in [6.07, 6.45) is 0. The van der Waals surface area contributed by atoms with Crippen LogP contribution in [0.15, 0.2) is 103 Å². The minimum atomic E-state index is -0.848. The maximum atomic E-state index is 13.5. The van der Waals surface area contributed by atoms with E-state index in [1.807, 2.05) is 61.5 Å². The van der Waals surface area contributed by atoms with Crippen molar-refractivity contribution >= 4 is 23.1 Å². The molecule has 0 spiro atoms. The van der Waals surface area contributed by atoms with Crippen molar-refractivity contribution in [2.45, 2.75) is 13.0 Å². The lowest BCUT2D eigenvalue weighted by molar-refractivity contribution is -0.132. The number of carbonyl (C=O) groups is 2. The van der Waals surface area contributed by atoms with Crippen LogP contribution in [-0.2, 0) is 9.59 Å². The van der Waals surface area contributed by atoms with E-state index in [-0.39, 0.29) is 11.3 Å². The third-order valence-corrected chi connectivity index (χ3v) is 6.55. The summed E-state index contributed by atoms with van der Waals surface area (Å²) >= 11 is 0. The van der Waals surface area contributed by atoms with Gasteiger partial charge in [0, 0.05) is 11.3 Å². The van der Waals surface area contributed by atoms with Gasteiger partial charge in [0.25, 0.3) is 11.7 Å². The molecule has 7 nitrogen and oxygen atoms in total. The molecule has 1 amide bonds. The minimum Gasteiger partial charge on any atom is -0.507 e. The van der Waals surface area contributed by atoms with Crippen LogP contribution < -0.4 is 19.1 Å². The van der Waals surface area contributed by atoms with Gasteiger partial charge in [-0.05, 0) is 67.1 Å². The van der Waals surface area contributed by atoms with Crippen LogP contribution in [0.5, 0.6) is 23.0 Å². The lowest BCUT2D eigenvalue weighted by Crippen LogP contribution is -2.29. The van der Waals surface area contributed by atoms with Crippen molar-refractivity contribution in [2.75, 3.05) is 19.1 Å². The highest BCUT2D eigenvalue weighted by Crippen LogP contribution is 2.43. The molecule has 1 saturated heterocycles. The highest BCUT2D eigenvalue weighted by molar-refractivity contribution is 6.51. The summed E-state index contributed by atoms with van der Waals surface area (Å²) in [6.45, 7) is 1.93. The summed E-state index contributed by atoms with van der Waals surface area (Å²) in [5, 5.41) is 11.4. The number of amides is 1. The van der Waals surface area contributed by atoms with Crippen LogP contribution in [0.2, 0.25) is 0 Å². The van der Waals surface area contributed by atoms with E-state index in [1.165, 1.54) is 19.1 Å². The highest BCUT2D eigenvalue weighted by atomic mass is 16.5. The largest absolute Gasteiger partial charge is 0.507 e. The van der Waals surface area contributed by atoms with Crippen molar-refractivity contribution in [2.24, 2.45) is 0 Å². The van der Waals surface area contributed by atoms with Gasteiger partial charge >= 0.3 is 0 Å². The number of ether oxygens (including phenoxy) is 3. The Morgan fingerprint density at radius 1 is 0.769 bits per heavy atom. The summed E-state index contributed by atoms with van der Waals surface area (Å²) in [6, 6.07) is 27.8. The summed E-state index contributed by atoms with van der Waals surface area (Å²) in [5.41, 5.74) is 2.46. The normalized spacial score (nSPS) is 16.3. The van der Waals surface area contributed by atoms with Crippen molar-refractivity contribution in [1.29, 1.82) is 0 Å². The van der Waals surface area contributed by atoms with Gasteiger partial charge in [-0.1, -0.05) is 48.0 Å². The summed E-state index contributed by atoms with van der Waals surface area (Å²) in [5.74, 6) is 0.310. The van der Waals surface area contributed by atoms with Crippen LogP contribution in [0, 0.1) is 6.92 Å². The number of rotatable bonds is 7. The number of para-hydroxylation sites is 1. The molecule has 1 atom stereocenters. The zero-order chi connectivity index (χ0) is 27.5. The molecule has 1 aliphatic heterocycles. The van der Waals surface area contributed by atoms with E-state index in [9.17, 15) is 14.7 Å². The molecular formula is C32H27NO6. The Morgan fingerprint density at radius 3 is 2.13 bits per heavy atom. The first-order valence-corrected chi connectivity index (χ1v) is 12.3. The maximum absolute atomic E-state index is 13.5. The maximum Gasteiger partial charge on any atom is 0.300 e. The highest BCUT2D eigenvalue weighted by Gasteiger charge is 2.47. The van der Waals surface area contributed by atoms with Gasteiger partial charge in [-0.15, -0.1) is 0 Å². The average Bonchev–Trinajstić information content (AvgIpc) is 3.23. The van der Waals surface area contributed by atoms with Gasteiger partial charge < -0.3 is 19.3 Å². The van der Waals surface area contributed by atoms with E-state index >= 15 is 0 Å². The molecule has 4 aromatic carbocycles. The van der Waals surface area contributed by atoms with E-state index in [2.05, 4.69) is 0 Å². The first-order valence-electron chi connectivity index (χ1n) is 12.3. The fraction of sp³-hybridized carbons (Fsp3) is 0.125. The van der Waals surface area contributed by atoms with Gasteiger partial charge in [0.15, 0.2) is 11.5 Å². The molecule has 7 heteroatoms. The average molecular weight is 522 g/mol. The third-order valence-electron chi connectivity index (χ3n) is 6.55. The first kappa shape index (κ1) is 25.6. The number of methoxy groups -OCH3 is 2. The molecule has 5 rings (SSSR count). The number of anilines is 1. The molecule has 0 bridgehead atoms. The van der Waals surface area contributed by atoms with E-state index < -0.39 is 17.7 Å². The van der Waals surface area contributed by atoms with Crippen molar-refractivity contribution in [1.82, 2.24) is 0 Å². The van der Waals surface area contributed by atoms with Crippen LogP contribution in [0.3, 0.4) is 0 Å². The Hall–Kier alpha value is -5.04. The summed E-state index contributed by atoms with van der Waals surface area (Å²) in [4.78, 5) is 28.4. The number of Topliss-reactive ketones (excluding diaryl/α,β-unsaturated/α-hetero) is 1. The molecule has 0 saturated carbocycles. The molecule has 0 aliphatic carbocycles. The van der Waals surface area contributed by atoms with Gasteiger partial charge in [0.05, 0.1) is 25.8 Å². The second kappa shape index (κ2) is 10.8. The molecular weight excluding hydrogens is 494 g/mol. The van der Waals surface area contributed by atoms with Gasteiger partial charge in [-0.25, -0.2) is 0 Å². The van der Waals surface area contributed by atoms with E-state index in [0.29, 0.717) is 39.8 Å². The second-order valence-electron chi connectivity index (χ2n) is 9.06. The molecule has 1 N–H and O–H groups in total. The number of ketones is 1. The zero-order valence-corrected chi connectivity index (χ0v) is 21.8. The number of nitrogens with zero attached hydrogens (tertiary/aromatic N) is 1. The topological polar surface area (TPSA) is 85.3 Å². The number of carbonyl (C=O) groups excluding carboxylic acids is 2. The number of aliphatic hydroxyl groups excluding tert-OH is 1. The Labute approximate surface area is 226 Å². The molecule has 0 aromatic heterocycles. The van der Waals surface area contributed by atoms with Gasteiger partial charge in [-0.2, -0.15) is 0 Å². The minimum absolute atomic E-state index is 0.0116. The van der Waals surface area contributed by atoms with Crippen LogP contribution in [0.1, 0.15) is 22.7 Å². The van der Waals surface area contributed by atoms with Gasteiger partial charge in [-0.3, -0.25) is 14.5 Å². The number of hydrogen-bond donors (Lipinski definition) is 1. The number of hydrogen-bond acceptors (Lipinski definition) is 6. The van der Waals surface area contributed by atoms with Crippen LogP contribution >= 0.6 is 0 Å². The molecule has 39 heavy (non-hydrogen) atoms. The van der Waals surface area contributed by atoms with E-state index in [4.69, 9.17) is 14.2 Å². The summed E-state index contributed by atoms with van der Waals surface area (Å²) < 4.78 is 16.6. The smallest absolute Gasteiger partial charge is 0.300 e. The molecule has 1 unspecified atom stereocenters. The van der Waals surface area contributed by atoms with Crippen LogP contribution in [0.4, 0.5) is 5.69 Å². The van der Waals surface area contributed by atoms with Crippen molar-refractivity contribution in [3.8, 4) is 23.0 Å². The Bertz CT molecular complexity index is 1560. The molecule has 196 valence electrons. The molecule has 1 heterocycles. The Kier molecular flexibility index (Phi) is 7.06. The molecule has 1 aliphatic rings. The summed E-state index contributed by atoms with van der Waals surface area (Å²) in [7, 11) is 3.00. The first-order chi connectivity index (χ1) is 18.9. The lowest BCUT2D eigenvalue weighted by atomic mass is 9.94. The predicted octanol–water partition coefficient (Wildman–Crippen LogP) is 6.43.